The Kier molecular flexibility index (Phi) is 9.84. The van der Waals surface area contributed by atoms with Gasteiger partial charge in [-0.25, -0.2) is 0 Å². The third kappa shape index (κ3) is 7.38. The molecule has 0 spiro atoms. The van der Waals surface area contributed by atoms with E-state index in [-0.39, 0.29) is 12.2 Å². The highest BCUT2D eigenvalue weighted by molar-refractivity contribution is 14.1. The molecule has 35 heavy (non-hydrogen) atoms. The number of nitrogens with zero attached hydrogens (tertiary/aromatic N) is 1. The molecule has 0 saturated heterocycles. The van der Waals surface area contributed by atoms with E-state index in [1.807, 2.05) is 49.4 Å². The Morgan fingerprint density at radius 3 is 2.46 bits per heavy atom. The van der Waals surface area contributed by atoms with Gasteiger partial charge >= 0.3 is 0 Å². The highest BCUT2D eigenvalue weighted by Gasteiger charge is 2.15. The first-order chi connectivity index (χ1) is 16.8. The number of halogens is 3. The average molecular weight is 621 g/mol. The maximum absolute atomic E-state index is 12.7. The first kappa shape index (κ1) is 26.9. The quantitative estimate of drug-likeness (QED) is 0.151. The van der Waals surface area contributed by atoms with Crippen LogP contribution in [0.4, 0.5) is 5.69 Å². The van der Waals surface area contributed by atoms with Gasteiger partial charge in [0, 0.05) is 21.3 Å². The van der Waals surface area contributed by atoms with Crippen molar-refractivity contribution in [1.29, 1.82) is 5.26 Å². The smallest absolute Gasteiger partial charge is 0.266 e. The number of carbonyl (C=O) groups excluding carboxylic acids is 1. The van der Waals surface area contributed by atoms with Crippen LogP contribution >= 0.6 is 45.8 Å². The van der Waals surface area contributed by atoms with Crippen molar-refractivity contribution in [3.8, 4) is 17.6 Å². The van der Waals surface area contributed by atoms with Gasteiger partial charge in [-0.2, -0.15) is 5.26 Å². The summed E-state index contributed by atoms with van der Waals surface area (Å²) in [7, 11) is 0. The number of nitrogens with one attached hydrogen (secondary N) is 1. The Hall–Kier alpha value is -2.73. The largest absolute Gasteiger partial charge is 0.490 e. The van der Waals surface area contributed by atoms with E-state index in [9.17, 15) is 10.1 Å². The molecule has 0 unspecified atom stereocenters. The molecule has 0 radical (unpaired) electrons. The first-order valence-corrected chi connectivity index (χ1v) is 12.7. The second-order valence-electron chi connectivity index (χ2n) is 7.46. The summed E-state index contributed by atoms with van der Waals surface area (Å²) in [6.45, 7) is 4.57. The SMILES string of the molecule is CCOc1cc(/C=C(/C#N)C(=O)Nc2ccc(CC)cc2)cc(I)c1OCc1ccc(Cl)cc1Cl. The molecule has 1 N–H and O–H groups in total. The molecule has 3 aromatic rings. The second-order valence-corrected chi connectivity index (χ2v) is 9.47. The molecule has 0 aliphatic heterocycles. The van der Waals surface area contributed by atoms with Crippen molar-refractivity contribution in [3.05, 3.63) is 90.5 Å². The fourth-order valence-electron chi connectivity index (χ4n) is 3.20. The van der Waals surface area contributed by atoms with E-state index in [0.717, 1.165) is 21.1 Å². The van der Waals surface area contributed by atoms with Gasteiger partial charge in [0.2, 0.25) is 0 Å². The molecular formula is C27H23Cl2IN2O3. The highest BCUT2D eigenvalue weighted by Crippen LogP contribution is 2.36. The number of anilines is 1. The lowest BCUT2D eigenvalue weighted by molar-refractivity contribution is -0.112. The van der Waals surface area contributed by atoms with Crippen molar-refractivity contribution in [2.45, 2.75) is 26.9 Å². The molecule has 8 heteroatoms. The van der Waals surface area contributed by atoms with Gasteiger partial charge in [-0.3, -0.25) is 4.79 Å². The monoisotopic (exact) mass is 620 g/mol. The topological polar surface area (TPSA) is 71.3 Å². The van der Waals surface area contributed by atoms with Crippen LogP contribution in [0.3, 0.4) is 0 Å². The fourth-order valence-corrected chi connectivity index (χ4v) is 4.44. The Morgan fingerprint density at radius 1 is 1.09 bits per heavy atom. The van der Waals surface area contributed by atoms with Gasteiger partial charge in [0.1, 0.15) is 18.2 Å². The summed E-state index contributed by atoms with van der Waals surface area (Å²) in [5.74, 6) is 0.570. The predicted octanol–water partition coefficient (Wildman–Crippen LogP) is 7.68. The maximum atomic E-state index is 12.7. The lowest BCUT2D eigenvalue weighted by Crippen LogP contribution is -2.13. The fraction of sp³-hybridized carbons (Fsp3) is 0.185. The van der Waals surface area contributed by atoms with Crippen LogP contribution in [-0.4, -0.2) is 12.5 Å². The standard InChI is InChI=1S/C27H23Cl2IN2O3/c1-3-17-5-9-22(10-6-17)32-27(33)20(15-31)11-18-12-24(30)26(25(13-18)34-4-2)35-16-19-7-8-21(28)14-23(19)29/h5-14H,3-4,16H2,1-2H3,(H,32,33)/b20-11-. The van der Waals surface area contributed by atoms with Crippen molar-refractivity contribution in [3.63, 3.8) is 0 Å². The van der Waals surface area contributed by atoms with E-state index in [2.05, 4.69) is 34.8 Å². The molecule has 180 valence electrons. The zero-order chi connectivity index (χ0) is 25.4. The number of rotatable bonds is 9. The molecular weight excluding hydrogens is 598 g/mol. The van der Waals surface area contributed by atoms with Gasteiger partial charge < -0.3 is 14.8 Å². The number of hydrogen-bond acceptors (Lipinski definition) is 4. The molecule has 3 rings (SSSR count). The van der Waals surface area contributed by atoms with Gasteiger partial charge in [-0.05, 0) is 89.5 Å². The molecule has 0 heterocycles. The van der Waals surface area contributed by atoms with Crippen LogP contribution in [0, 0.1) is 14.9 Å². The number of hydrogen-bond donors (Lipinski definition) is 1. The van der Waals surface area contributed by atoms with Crippen LogP contribution in [0.15, 0.2) is 60.2 Å². The van der Waals surface area contributed by atoms with Gasteiger partial charge in [0.15, 0.2) is 11.5 Å². The summed E-state index contributed by atoms with van der Waals surface area (Å²) < 4.78 is 12.6. The van der Waals surface area contributed by atoms with E-state index in [4.69, 9.17) is 32.7 Å². The lowest BCUT2D eigenvalue weighted by Gasteiger charge is -2.15. The molecule has 0 fully saturated rings. The predicted molar refractivity (Wildman–Crippen MR) is 149 cm³/mol. The highest BCUT2D eigenvalue weighted by atomic mass is 127. The van der Waals surface area contributed by atoms with Gasteiger partial charge in [0.05, 0.1) is 10.2 Å². The first-order valence-electron chi connectivity index (χ1n) is 10.9. The summed E-state index contributed by atoms with van der Waals surface area (Å²) >= 11 is 14.4. The summed E-state index contributed by atoms with van der Waals surface area (Å²) in [4.78, 5) is 12.7. The third-order valence-corrected chi connectivity index (χ3v) is 6.40. The van der Waals surface area contributed by atoms with E-state index in [1.165, 1.54) is 6.08 Å². The Balaban J connectivity index is 1.83. The normalized spacial score (nSPS) is 11.0. The van der Waals surface area contributed by atoms with E-state index in [1.54, 1.807) is 18.2 Å². The average Bonchev–Trinajstić information content (AvgIpc) is 2.83. The summed E-state index contributed by atoms with van der Waals surface area (Å²) in [6, 6.07) is 18.3. The number of amides is 1. The number of carbonyl (C=O) groups is 1. The number of ether oxygens (including phenoxy) is 2. The summed E-state index contributed by atoms with van der Waals surface area (Å²) in [6.07, 6.45) is 2.44. The molecule has 3 aromatic carbocycles. The van der Waals surface area contributed by atoms with Crippen molar-refractivity contribution < 1.29 is 14.3 Å². The molecule has 0 atom stereocenters. The zero-order valence-corrected chi connectivity index (χ0v) is 22.9. The molecule has 0 aliphatic carbocycles. The zero-order valence-electron chi connectivity index (χ0n) is 19.2. The molecule has 5 nitrogen and oxygen atoms in total. The van der Waals surface area contributed by atoms with Gasteiger partial charge in [0.25, 0.3) is 5.91 Å². The summed E-state index contributed by atoms with van der Waals surface area (Å²) in [5.41, 5.74) is 3.20. The van der Waals surface area contributed by atoms with Crippen LogP contribution < -0.4 is 14.8 Å². The van der Waals surface area contributed by atoms with E-state index in [0.29, 0.717) is 39.4 Å². The Morgan fingerprint density at radius 2 is 1.83 bits per heavy atom. The minimum Gasteiger partial charge on any atom is -0.490 e. The Labute approximate surface area is 228 Å². The van der Waals surface area contributed by atoms with Crippen molar-refractivity contribution in [1.82, 2.24) is 0 Å². The van der Waals surface area contributed by atoms with Crippen LogP contribution in [0.1, 0.15) is 30.5 Å². The molecule has 0 bridgehead atoms. The third-order valence-electron chi connectivity index (χ3n) is 5.01. The van der Waals surface area contributed by atoms with Crippen LogP contribution in [0.25, 0.3) is 6.08 Å². The van der Waals surface area contributed by atoms with Crippen molar-refractivity contribution in [2.24, 2.45) is 0 Å². The van der Waals surface area contributed by atoms with Crippen molar-refractivity contribution >= 4 is 63.5 Å². The van der Waals surface area contributed by atoms with Crippen LogP contribution in [-0.2, 0) is 17.8 Å². The number of nitriles is 1. The molecule has 0 saturated carbocycles. The molecule has 0 aliphatic rings. The van der Waals surface area contributed by atoms with Gasteiger partial charge in [-0.1, -0.05) is 48.3 Å². The van der Waals surface area contributed by atoms with Crippen molar-refractivity contribution in [2.75, 3.05) is 11.9 Å². The van der Waals surface area contributed by atoms with Gasteiger partial charge in [-0.15, -0.1) is 0 Å². The summed E-state index contributed by atoms with van der Waals surface area (Å²) in [5, 5.41) is 13.4. The lowest BCUT2D eigenvalue weighted by atomic mass is 10.1. The number of aryl methyl sites for hydroxylation is 1. The Bertz CT molecular complexity index is 1280. The number of benzene rings is 3. The second kappa shape index (κ2) is 12.8. The molecule has 1 amide bonds. The maximum Gasteiger partial charge on any atom is 0.266 e. The minimum atomic E-state index is -0.484. The van der Waals surface area contributed by atoms with Crippen LogP contribution in [0.2, 0.25) is 10.0 Å². The molecule has 0 aromatic heterocycles. The van der Waals surface area contributed by atoms with Crippen LogP contribution in [0.5, 0.6) is 11.5 Å². The minimum absolute atomic E-state index is 0.0237. The van der Waals surface area contributed by atoms with E-state index < -0.39 is 5.91 Å². The van der Waals surface area contributed by atoms with E-state index >= 15 is 0 Å².